The molecule has 8 heteroatoms. The number of carboxylic acids is 1. The first-order valence-electron chi connectivity index (χ1n) is 8.43. The van der Waals surface area contributed by atoms with Crippen LogP contribution in [-0.4, -0.2) is 38.4 Å². The number of aromatic carboxylic acids is 1. The Labute approximate surface area is 165 Å². The van der Waals surface area contributed by atoms with Gasteiger partial charge in [-0.25, -0.2) is 9.59 Å². The van der Waals surface area contributed by atoms with E-state index >= 15 is 0 Å². The van der Waals surface area contributed by atoms with Gasteiger partial charge in [0.15, 0.2) is 22.7 Å². The molecule has 0 aliphatic rings. The zero-order valence-corrected chi connectivity index (χ0v) is 15.9. The highest BCUT2D eigenvalue weighted by atomic mass is 16.5. The van der Waals surface area contributed by atoms with Crippen molar-refractivity contribution in [3.8, 4) is 11.5 Å². The van der Waals surface area contributed by atoms with Crippen LogP contribution in [0.25, 0.3) is 21.9 Å². The molecule has 2 heterocycles. The molecule has 0 unspecified atom stereocenters. The zero-order chi connectivity index (χ0) is 21.0. The summed E-state index contributed by atoms with van der Waals surface area (Å²) < 4.78 is 25.2. The highest BCUT2D eigenvalue weighted by Crippen LogP contribution is 2.29. The van der Waals surface area contributed by atoms with Gasteiger partial charge in [-0.15, -0.1) is 0 Å². The Morgan fingerprint density at radius 3 is 1.72 bits per heavy atom. The van der Waals surface area contributed by atoms with Crippen molar-refractivity contribution < 1.29 is 37.7 Å². The first-order chi connectivity index (χ1) is 14.0. The largest absolute Gasteiger partial charge is 0.493 e. The molecule has 4 aromatic rings. The second-order valence-electron chi connectivity index (χ2n) is 5.78. The van der Waals surface area contributed by atoms with Gasteiger partial charge in [-0.3, -0.25) is 0 Å². The van der Waals surface area contributed by atoms with Gasteiger partial charge in [-0.2, -0.15) is 0 Å². The molecule has 0 atom stereocenters. The Morgan fingerprint density at radius 1 is 0.793 bits per heavy atom. The van der Waals surface area contributed by atoms with Crippen molar-refractivity contribution in [2.45, 2.75) is 0 Å². The summed E-state index contributed by atoms with van der Waals surface area (Å²) in [5, 5.41) is 10.3. The van der Waals surface area contributed by atoms with Crippen LogP contribution in [-0.2, 0) is 4.74 Å². The molecule has 0 bridgehead atoms. The summed E-state index contributed by atoms with van der Waals surface area (Å²) in [6.45, 7) is 0. The molecule has 4 rings (SSSR count). The Kier molecular flexibility index (Phi) is 5.73. The number of hydrogen-bond acceptors (Lipinski definition) is 7. The lowest BCUT2D eigenvalue weighted by atomic mass is 10.2. The van der Waals surface area contributed by atoms with Crippen molar-refractivity contribution in [1.29, 1.82) is 0 Å². The molecule has 2 aromatic carbocycles. The van der Waals surface area contributed by atoms with Crippen molar-refractivity contribution in [3.05, 3.63) is 60.1 Å². The van der Waals surface area contributed by atoms with Crippen molar-refractivity contribution in [2.24, 2.45) is 0 Å². The lowest BCUT2D eigenvalue weighted by Crippen LogP contribution is -1.97. The number of hydrogen-bond donors (Lipinski definition) is 1. The van der Waals surface area contributed by atoms with Crippen LogP contribution in [0.4, 0.5) is 0 Å². The summed E-state index contributed by atoms with van der Waals surface area (Å²) in [6.07, 6.45) is 0. The summed E-state index contributed by atoms with van der Waals surface area (Å²) in [5.74, 6) is -0.337. The molecule has 0 saturated carbocycles. The summed E-state index contributed by atoms with van der Waals surface area (Å²) in [5.41, 5.74) is 1.02. The number of para-hydroxylation sites is 2. The Hall–Kier alpha value is -3.94. The van der Waals surface area contributed by atoms with E-state index in [1.54, 1.807) is 37.4 Å². The fourth-order valence-electron chi connectivity index (χ4n) is 2.70. The lowest BCUT2D eigenvalue weighted by Gasteiger charge is -1.98. The second kappa shape index (κ2) is 8.39. The maximum atomic E-state index is 11.2. The molecule has 8 nitrogen and oxygen atoms in total. The number of carboxylic acid groups (broad SMARTS) is 1. The van der Waals surface area contributed by atoms with Crippen molar-refractivity contribution >= 4 is 33.9 Å². The van der Waals surface area contributed by atoms with Crippen LogP contribution in [0.3, 0.4) is 0 Å². The van der Waals surface area contributed by atoms with E-state index in [0.29, 0.717) is 22.7 Å². The number of esters is 1. The third-order valence-electron chi connectivity index (χ3n) is 4.05. The zero-order valence-electron chi connectivity index (χ0n) is 15.9. The summed E-state index contributed by atoms with van der Waals surface area (Å²) >= 11 is 0. The molecule has 0 saturated heterocycles. The number of carbonyl (C=O) groups excluding carboxylic acids is 1. The minimum atomic E-state index is -1.08. The van der Waals surface area contributed by atoms with Gasteiger partial charge in [-0.05, 0) is 24.3 Å². The maximum absolute atomic E-state index is 11.2. The van der Waals surface area contributed by atoms with Crippen LogP contribution < -0.4 is 9.47 Å². The van der Waals surface area contributed by atoms with Crippen molar-refractivity contribution in [1.82, 2.24) is 0 Å². The molecule has 0 amide bonds. The first kappa shape index (κ1) is 19.8. The molecule has 29 heavy (non-hydrogen) atoms. The average Bonchev–Trinajstić information content (AvgIpc) is 3.37. The molecule has 0 fully saturated rings. The number of furan rings is 2. The van der Waals surface area contributed by atoms with Gasteiger partial charge >= 0.3 is 11.9 Å². The smallest absolute Gasteiger partial charge is 0.373 e. The monoisotopic (exact) mass is 398 g/mol. The third-order valence-corrected chi connectivity index (χ3v) is 4.05. The fourth-order valence-corrected chi connectivity index (χ4v) is 2.70. The van der Waals surface area contributed by atoms with Crippen LogP contribution in [0.15, 0.2) is 57.4 Å². The predicted octanol–water partition coefficient (Wildman–Crippen LogP) is 4.37. The normalized spacial score (nSPS) is 10.3. The fraction of sp³-hybridized carbons (Fsp3) is 0.143. The number of methoxy groups -OCH3 is 3. The molecule has 0 spiro atoms. The number of carbonyl (C=O) groups is 2. The van der Waals surface area contributed by atoms with E-state index in [9.17, 15) is 9.59 Å². The highest BCUT2D eigenvalue weighted by Gasteiger charge is 2.14. The Balaban J connectivity index is 0.000000166. The lowest BCUT2D eigenvalue weighted by molar-refractivity contribution is 0.0566. The molecular weight excluding hydrogens is 380 g/mol. The second-order valence-corrected chi connectivity index (χ2v) is 5.78. The summed E-state index contributed by atoms with van der Waals surface area (Å²) in [7, 11) is 4.37. The number of ether oxygens (including phenoxy) is 3. The molecule has 0 aliphatic heterocycles. The summed E-state index contributed by atoms with van der Waals surface area (Å²) in [4.78, 5) is 21.9. The van der Waals surface area contributed by atoms with Gasteiger partial charge in [0, 0.05) is 10.8 Å². The molecule has 0 radical (unpaired) electrons. The quantitative estimate of drug-likeness (QED) is 0.505. The predicted molar refractivity (Wildman–Crippen MR) is 104 cm³/mol. The molecule has 2 aromatic heterocycles. The molecule has 1 N–H and O–H groups in total. The topological polar surface area (TPSA) is 108 Å². The number of fused-ring (bicyclic) bond motifs is 2. The van der Waals surface area contributed by atoms with Gasteiger partial charge in [0.25, 0.3) is 0 Å². The third kappa shape index (κ3) is 4.01. The standard InChI is InChI=1S/C11H10O4.C10H8O4/c1-13-8-5-3-4-7-6-9(11(12)14-2)15-10(7)8;1-13-7-4-2-3-6-5-8(10(11)12)14-9(6)7/h3-6H,1-2H3;2-5H,1H3,(H,11,12). The maximum Gasteiger partial charge on any atom is 0.373 e. The van der Waals surface area contributed by atoms with Gasteiger partial charge in [0.1, 0.15) is 0 Å². The van der Waals surface area contributed by atoms with E-state index in [1.165, 1.54) is 20.3 Å². The van der Waals surface area contributed by atoms with Crippen LogP contribution in [0.2, 0.25) is 0 Å². The number of benzene rings is 2. The van der Waals surface area contributed by atoms with E-state index < -0.39 is 11.9 Å². The van der Waals surface area contributed by atoms with Gasteiger partial charge < -0.3 is 28.2 Å². The first-order valence-corrected chi connectivity index (χ1v) is 8.43. The van der Waals surface area contributed by atoms with E-state index in [1.807, 2.05) is 12.1 Å². The van der Waals surface area contributed by atoms with Gasteiger partial charge in [0.2, 0.25) is 11.5 Å². The van der Waals surface area contributed by atoms with Crippen LogP contribution in [0, 0.1) is 0 Å². The van der Waals surface area contributed by atoms with Gasteiger partial charge in [-0.1, -0.05) is 24.3 Å². The molecule has 150 valence electrons. The Morgan fingerprint density at radius 2 is 1.28 bits per heavy atom. The molecule has 0 aliphatic carbocycles. The van der Waals surface area contributed by atoms with E-state index in [4.69, 9.17) is 23.4 Å². The average molecular weight is 398 g/mol. The SMILES string of the molecule is COC(=O)c1cc2cccc(OC)c2o1.COc1cccc2cc(C(=O)O)oc12. The van der Waals surface area contributed by atoms with Crippen LogP contribution in [0.5, 0.6) is 11.5 Å². The van der Waals surface area contributed by atoms with Crippen molar-refractivity contribution in [2.75, 3.05) is 21.3 Å². The summed E-state index contributed by atoms with van der Waals surface area (Å²) in [6, 6.07) is 13.8. The van der Waals surface area contributed by atoms with Crippen molar-refractivity contribution in [3.63, 3.8) is 0 Å². The Bertz CT molecular complexity index is 1170. The van der Waals surface area contributed by atoms with Crippen LogP contribution >= 0.6 is 0 Å². The molecular formula is C21H18O8. The highest BCUT2D eigenvalue weighted by molar-refractivity contribution is 5.94. The minimum Gasteiger partial charge on any atom is -0.493 e. The minimum absolute atomic E-state index is 0.0792. The van der Waals surface area contributed by atoms with Gasteiger partial charge in [0.05, 0.1) is 21.3 Å². The van der Waals surface area contributed by atoms with E-state index in [2.05, 4.69) is 4.74 Å². The van der Waals surface area contributed by atoms with Crippen LogP contribution in [0.1, 0.15) is 21.1 Å². The van der Waals surface area contributed by atoms with E-state index in [0.717, 1.165) is 10.8 Å². The number of rotatable bonds is 4. The van der Waals surface area contributed by atoms with E-state index in [-0.39, 0.29) is 11.5 Å².